The van der Waals surface area contributed by atoms with E-state index in [9.17, 15) is 14.7 Å². The van der Waals surface area contributed by atoms with E-state index in [2.05, 4.69) is 0 Å². The molecule has 1 unspecified atom stereocenters. The van der Waals surface area contributed by atoms with Crippen LogP contribution in [0.25, 0.3) is 0 Å². The molecule has 2 heterocycles. The first-order valence-corrected chi connectivity index (χ1v) is 8.31. The first-order valence-electron chi connectivity index (χ1n) is 8.31. The van der Waals surface area contributed by atoms with Crippen LogP contribution in [-0.4, -0.2) is 48.7 Å². The minimum atomic E-state index is -1.07. The normalized spacial score (nSPS) is 19.5. The van der Waals surface area contributed by atoms with Gasteiger partial charge in [0.15, 0.2) is 5.76 Å². The number of nitrogens with zero attached hydrogens (tertiary/aromatic N) is 1. The molecule has 0 radical (unpaired) electrons. The SMILES string of the molecule is COCC1(C(=O)O)CCN(C(=O)c2occc2COc2ccccc2)C1. The quantitative estimate of drug-likeness (QED) is 0.817. The zero-order chi connectivity index (χ0) is 18.6. The van der Waals surface area contributed by atoms with Crippen molar-refractivity contribution in [2.75, 3.05) is 26.8 Å². The number of methoxy groups -OCH3 is 1. The second-order valence-corrected chi connectivity index (χ2v) is 6.37. The Kier molecular flexibility index (Phi) is 5.27. The summed E-state index contributed by atoms with van der Waals surface area (Å²) >= 11 is 0. The maximum Gasteiger partial charge on any atom is 0.313 e. The van der Waals surface area contributed by atoms with Gasteiger partial charge in [-0.15, -0.1) is 0 Å². The highest BCUT2D eigenvalue weighted by molar-refractivity contribution is 5.93. The van der Waals surface area contributed by atoms with Crippen molar-refractivity contribution < 1.29 is 28.6 Å². The molecule has 1 N–H and O–H groups in total. The summed E-state index contributed by atoms with van der Waals surface area (Å²) in [6, 6.07) is 11.0. The van der Waals surface area contributed by atoms with Crippen molar-refractivity contribution in [2.45, 2.75) is 13.0 Å². The third-order valence-corrected chi connectivity index (χ3v) is 4.59. The molecule has 1 atom stereocenters. The van der Waals surface area contributed by atoms with Crippen LogP contribution in [0.2, 0.25) is 0 Å². The van der Waals surface area contributed by atoms with Crippen LogP contribution >= 0.6 is 0 Å². The fraction of sp³-hybridized carbons (Fsp3) is 0.368. The molecule has 1 aliphatic heterocycles. The van der Waals surface area contributed by atoms with Gasteiger partial charge in [-0.2, -0.15) is 0 Å². The zero-order valence-corrected chi connectivity index (χ0v) is 14.5. The number of rotatable bonds is 7. The summed E-state index contributed by atoms with van der Waals surface area (Å²) in [5.41, 5.74) is -0.448. The molecule has 1 saturated heterocycles. The standard InChI is InChI=1S/C19H21NO6/c1-24-13-19(18(22)23)8-9-20(12-19)17(21)16-14(7-10-25-16)11-26-15-5-3-2-4-6-15/h2-7,10H,8-9,11-13H2,1H3,(H,22,23). The van der Waals surface area contributed by atoms with Crippen molar-refractivity contribution in [1.82, 2.24) is 4.90 Å². The Bertz CT molecular complexity index is 771. The molecule has 1 aromatic carbocycles. The van der Waals surface area contributed by atoms with Crippen molar-refractivity contribution in [3.63, 3.8) is 0 Å². The van der Waals surface area contributed by atoms with Gasteiger partial charge in [0.05, 0.1) is 12.9 Å². The Labute approximate surface area is 151 Å². The van der Waals surface area contributed by atoms with Crippen LogP contribution in [0.4, 0.5) is 0 Å². The van der Waals surface area contributed by atoms with Crippen molar-refractivity contribution in [2.24, 2.45) is 5.41 Å². The highest BCUT2D eigenvalue weighted by atomic mass is 16.5. The summed E-state index contributed by atoms with van der Waals surface area (Å²) in [4.78, 5) is 25.9. The summed E-state index contributed by atoms with van der Waals surface area (Å²) in [6.45, 7) is 0.689. The van der Waals surface area contributed by atoms with Crippen molar-refractivity contribution in [3.05, 3.63) is 54.0 Å². The topological polar surface area (TPSA) is 89.2 Å². The predicted octanol–water partition coefficient (Wildman–Crippen LogP) is 2.42. The molecule has 1 fully saturated rings. The monoisotopic (exact) mass is 359 g/mol. The van der Waals surface area contributed by atoms with Gasteiger partial charge in [-0.05, 0) is 24.6 Å². The molecule has 1 amide bonds. The third kappa shape index (κ3) is 3.57. The number of furan rings is 1. The van der Waals surface area contributed by atoms with E-state index in [4.69, 9.17) is 13.9 Å². The van der Waals surface area contributed by atoms with Gasteiger partial charge < -0.3 is 23.9 Å². The first-order chi connectivity index (χ1) is 12.6. The Morgan fingerprint density at radius 1 is 1.27 bits per heavy atom. The number of amides is 1. The van der Waals surface area contributed by atoms with E-state index in [1.165, 1.54) is 18.3 Å². The molecule has 26 heavy (non-hydrogen) atoms. The number of para-hydroxylation sites is 1. The Morgan fingerprint density at radius 3 is 2.73 bits per heavy atom. The molecule has 0 aliphatic carbocycles. The maximum absolute atomic E-state index is 12.8. The van der Waals surface area contributed by atoms with Crippen molar-refractivity contribution in [1.29, 1.82) is 0 Å². The van der Waals surface area contributed by atoms with Gasteiger partial charge in [-0.3, -0.25) is 9.59 Å². The first kappa shape index (κ1) is 18.0. The number of likely N-dealkylation sites (tertiary alicyclic amines) is 1. The highest BCUT2D eigenvalue weighted by Gasteiger charge is 2.47. The number of aliphatic carboxylic acids is 1. The summed E-state index contributed by atoms with van der Waals surface area (Å²) in [5.74, 6) is -0.416. The summed E-state index contributed by atoms with van der Waals surface area (Å²) in [5, 5.41) is 9.53. The van der Waals surface area contributed by atoms with Gasteiger partial charge in [0.2, 0.25) is 0 Å². The van der Waals surface area contributed by atoms with Crippen LogP contribution < -0.4 is 4.74 Å². The second kappa shape index (κ2) is 7.61. The Morgan fingerprint density at radius 2 is 2.04 bits per heavy atom. The molecule has 0 bridgehead atoms. The zero-order valence-electron chi connectivity index (χ0n) is 14.5. The van der Waals surface area contributed by atoms with Gasteiger partial charge in [-0.1, -0.05) is 18.2 Å². The molecular weight excluding hydrogens is 338 g/mol. The number of carbonyl (C=O) groups is 2. The van der Waals surface area contributed by atoms with Gasteiger partial charge >= 0.3 is 5.97 Å². The molecule has 2 aromatic rings. The molecule has 7 heteroatoms. The minimum absolute atomic E-state index is 0.0637. The number of hydrogen-bond donors (Lipinski definition) is 1. The molecule has 1 aromatic heterocycles. The van der Waals surface area contributed by atoms with E-state index in [0.29, 0.717) is 24.3 Å². The van der Waals surface area contributed by atoms with Gasteiger partial charge in [0, 0.05) is 25.8 Å². The number of benzene rings is 1. The fourth-order valence-electron chi connectivity index (χ4n) is 3.13. The van der Waals surface area contributed by atoms with Gasteiger partial charge in [0.25, 0.3) is 5.91 Å². The lowest BCUT2D eigenvalue weighted by Crippen LogP contribution is -2.40. The molecular formula is C19H21NO6. The number of carboxylic acids is 1. The van der Waals surface area contributed by atoms with E-state index in [1.54, 1.807) is 6.07 Å². The Balaban J connectivity index is 1.69. The maximum atomic E-state index is 12.8. The summed E-state index contributed by atoms with van der Waals surface area (Å²) in [7, 11) is 1.46. The largest absolute Gasteiger partial charge is 0.489 e. The highest BCUT2D eigenvalue weighted by Crippen LogP contribution is 2.32. The average Bonchev–Trinajstić information content (AvgIpc) is 3.28. The van der Waals surface area contributed by atoms with E-state index >= 15 is 0 Å². The van der Waals surface area contributed by atoms with E-state index in [-0.39, 0.29) is 31.4 Å². The molecule has 138 valence electrons. The number of ether oxygens (including phenoxy) is 2. The summed E-state index contributed by atoms with van der Waals surface area (Å²) < 4.78 is 16.1. The van der Waals surface area contributed by atoms with Crippen LogP contribution in [0.15, 0.2) is 47.1 Å². The number of carboxylic acid groups (broad SMARTS) is 1. The number of carbonyl (C=O) groups excluding carboxylic acids is 1. The minimum Gasteiger partial charge on any atom is -0.489 e. The average molecular weight is 359 g/mol. The van der Waals surface area contributed by atoms with E-state index < -0.39 is 11.4 Å². The van der Waals surface area contributed by atoms with Crippen molar-refractivity contribution >= 4 is 11.9 Å². The molecule has 7 nitrogen and oxygen atoms in total. The fourth-order valence-corrected chi connectivity index (χ4v) is 3.13. The molecule has 3 rings (SSSR count). The van der Waals surface area contributed by atoms with E-state index in [1.807, 2.05) is 30.3 Å². The van der Waals surface area contributed by atoms with Crippen LogP contribution in [-0.2, 0) is 16.1 Å². The van der Waals surface area contributed by atoms with Gasteiger partial charge in [-0.25, -0.2) is 0 Å². The lowest BCUT2D eigenvalue weighted by molar-refractivity contribution is -0.151. The predicted molar refractivity (Wildman–Crippen MR) is 91.9 cm³/mol. The van der Waals surface area contributed by atoms with Crippen LogP contribution in [0.5, 0.6) is 5.75 Å². The van der Waals surface area contributed by atoms with Gasteiger partial charge in [0.1, 0.15) is 17.8 Å². The lowest BCUT2D eigenvalue weighted by Gasteiger charge is -2.23. The molecule has 0 saturated carbocycles. The lowest BCUT2D eigenvalue weighted by atomic mass is 9.88. The smallest absolute Gasteiger partial charge is 0.313 e. The second-order valence-electron chi connectivity index (χ2n) is 6.37. The Hall–Kier alpha value is -2.80. The number of hydrogen-bond acceptors (Lipinski definition) is 5. The third-order valence-electron chi connectivity index (χ3n) is 4.59. The van der Waals surface area contributed by atoms with Crippen LogP contribution in [0, 0.1) is 5.41 Å². The van der Waals surface area contributed by atoms with E-state index in [0.717, 1.165) is 0 Å². The van der Waals surface area contributed by atoms with Crippen molar-refractivity contribution in [3.8, 4) is 5.75 Å². The van der Waals surface area contributed by atoms with Crippen LogP contribution in [0.1, 0.15) is 22.5 Å². The molecule has 1 aliphatic rings. The molecule has 0 spiro atoms. The van der Waals surface area contributed by atoms with Crippen LogP contribution in [0.3, 0.4) is 0 Å². The summed E-state index contributed by atoms with van der Waals surface area (Å²) in [6.07, 6.45) is 1.78.